The Balaban J connectivity index is 0.00000220. The van der Waals surface area contributed by atoms with E-state index in [0.29, 0.717) is 0 Å². The Morgan fingerprint density at radius 2 is 1.73 bits per heavy atom. The molecule has 1 aromatic rings. The van der Waals surface area contributed by atoms with Gasteiger partial charge in [0.1, 0.15) is 11.5 Å². The predicted octanol–water partition coefficient (Wildman–Crippen LogP) is 3.07. The maximum atomic E-state index is 5.55. The zero-order valence-electron chi connectivity index (χ0n) is 13.2. The highest BCUT2D eigenvalue weighted by atomic mass is 35.5. The van der Waals surface area contributed by atoms with Crippen molar-refractivity contribution in [2.24, 2.45) is 0 Å². The number of hydrogen-bond donors (Lipinski definition) is 1. The second-order valence-corrected chi connectivity index (χ2v) is 4.90. The third kappa shape index (κ3) is 4.78. The van der Waals surface area contributed by atoms with Gasteiger partial charge in [0.05, 0.1) is 19.8 Å². The molecular formula is C16H26Cl2N2O2. The highest BCUT2D eigenvalue weighted by Crippen LogP contribution is 2.39. The average Bonchev–Trinajstić information content (AvgIpc) is 2.52. The van der Waals surface area contributed by atoms with Crippen LogP contribution in [0.3, 0.4) is 0 Å². The molecule has 0 aromatic heterocycles. The Hall–Kier alpha value is -0.940. The van der Waals surface area contributed by atoms with E-state index in [0.717, 1.165) is 49.7 Å². The summed E-state index contributed by atoms with van der Waals surface area (Å²) in [5, 5.41) is 3.39. The molecule has 6 heteroatoms. The van der Waals surface area contributed by atoms with Gasteiger partial charge in [-0.3, -0.25) is 4.90 Å². The molecule has 0 unspecified atom stereocenters. The molecule has 0 amide bonds. The number of nitrogens with zero attached hydrogens (tertiary/aromatic N) is 1. The second-order valence-electron chi connectivity index (χ2n) is 4.90. The van der Waals surface area contributed by atoms with Crippen LogP contribution in [0, 0.1) is 0 Å². The first kappa shape index (κ1) is 21.1. The Kier molecular flexibility index (Phi) is 10.3. The first-order chi connectivity index (χ1) is 9.81. The van der Waals surface area contributed by atoms with Crippen LogP contribution in [0.2, 0.25) is 0 Å². The SMILES string of the molecule is C=CC[C@H](c1c(OC)cccc1OC)N1CCNCC1.Cl.Cl. The smallest absolute Gasteiger partial charge is 0.127 e. The summed E-state index contributed by atoms with van der Waals surface area (Å²) in [6.07, 6.45) is 2.86. The molecule has 1 fully saturated rings. The fourth-order valence-electron chi connectivity index (χ4n) is 2.81. The molecule has 1 saturated heterocycles. The molecule has 2 rings (SSSR count). The van der Waals surface area contributed by atoms with Crippen molar-refractivity contribution in [3.8, 4) is 11.5 Å². The molecule has 126 valence electrons. The molecule has 0 bridgehead atoms. The number of ether oxygens (including phenoxy) is 2. The van der Waals surface area contributed by atoms with E-state index < -0.39 is 0 Å². The quantitative estimate of drug-likeness (QED) is 0.801. The number of nitrogens with one attached hydrogen (secondary N) is 1. The van der Waals surface area contributed by atoms with Gasteiger partial charge in [-0.2, -0.15) is 0 Å². The van der Waals surface area contributed by atoms with Gasteiger partial charge in [0.15, 0.2) is 0 Å². The van der Waals surface area contributed by atoms with Crippen LogP contribution >= 0.6 is 24.8 Å². The van der Waals surface area contributed by atoms with Crippen LogP contribution in [0.4, 0.5) is 0 Å². The summed E-state index contributed by atoms with van der Waals surface area (Å²) in [7, 11) is 3.42. The number of halogens is 2. The van der Waals surface area contributed by atoms with Crippen molar-refractivity contribution in [1.29, 1.82) is 0 Å². The van der Waals surface area contributed by atoms with Crippen molar-refractivity contribution in [2.75, 3.05) is 40.4 Å². The van der Waals surface area contributed by atoms with Crippen LogP contribution in [0.25, 0.3) is 0 Å². The Bertz CT molecular complexity index is 430. The highest BCUT2D eigenvalue weighted by molar-refractivity contribution is 5.85. The molecule has 1 aliphatic rings. The molecule has 0 saturated carbocycles. The zero-order chi connectivity index (χ0) is 14.4. The number of methoxy groups -OCH3 is 2. The minimum atomic E-state index is 0. The van der Waals surface area contributed by atoms with Gasteiger partial charge in [0.25, 0.3) is 0 Å². The summed E-state index contributed by atoms with van der Waals surface area (Å²) in [5.74, 6) is 1.77. The molecule has 1 aromatic carbocycles. The van der Waals surface area contributed by atoms with E-state index >= 15 is 0 Å². The zero-order valence-corrected chi connectivity index (χ0v) is 14.8. The lowest BCUT2D eigenvalue weighted by Crippen LogP contribution is -2.45. The van der Waals surface area contributed by atoms with Crippen LogP contribution in [0.5, 0.6) is 11.5 Å². The first-order valence-corrected chi connectivity index (χ1v) is 7.08. The number of piperazine rings is 1. The molecule has 4 nitrogen and oxygen atoms in total. The summed E-state index contributed by atoms with van der Waals surface area (Å²) >= 11 is 0. The molecular weight excluding hydrogens is 323 g/mol. The van der Waals surface area contributed by atoms with Crippen LogP contribution in [0.1, 0.15) is 18.0 Å². The summed E-state index contributed by atoms with van der Waals surface area (Å²) in [6.45, 7) is 8.00. The minimum Gasteiger partial charge on any atom is -0.496 e. The summed E-state index contributed by atoms with van der Waals surface area (Å²) in [4.78, 5) is 2.47. The molecule has 0 radical (unpaired) electrons. The predicted molar refractivity (Wildman–Crippen MR) is 96.0 cm³/mol. The number of benzene rings is 1. The Labute approximate surface area is 145 Å². The summed E-state index contributed by atoms with van der Waals surface area (Å²) in [6, 6.07) is 6.21. The molecule has 0 aliphatic carbocycles. The van der Waals surface area contributed by atoms with E-state index in [1.165, 1.54) is 0 Å². The molecule has 1 aliphatic heterocycles. The van der Waals surface area contributed by atoms with Crippen molar-refractivity contribution in [3.05, 3.63) is 36.4 Å². The standard InChI is InChI=1S/C16H24N2O2.2ClH/c1-4-6-13(18-11-9-17-10-12-18)16-14(19-2)7-5-8-15(16)20-3;;/h4-5,7-8,13,17H,1,6,9-12H2,2-3H3;2*1H/t13-;;/m1../s1. The Morgan fingerprint density at radius 3 is 2.18 bits per heavy atom. The Morgan fingerprint density at radius 1 is 1.18 bits per heavy atom. The largest absolute Gasteiger partial charge is 0.496 e. The maximum absolute atomic E-state index is 5.55. The first-order valence-electron chi connectivity index (χ1n) is 7.08. The lowest BCUT2D eigenvalue weighted by Gasteiger charge is -2.35. The second kappa shape index (κ2) is 10.7. The third-order valence-corrected chi connectivity index (χ3v) is 3.78. The van der Waals surface area contributed by atoms with E-state index in [4.69, 9.17) is 9.47 Å². The topological polar surface area (TPSA) is 33.7 Å². The van der Waals surface area contributed by atoms with E-state index in [-0.39, 0.29) is 30.9 Å². The van der Waals surface area contributed by atoms with E-state index in [1.807, 2.05) is 24.3 Å². The maximum Gasteiger partial charge on any atom is 0.127 e. The fourth-order valence-corrected chi connectivity index (χ4v) is 2.81. The van der Waals surface area contributed by atoms with Crippen molar-refractivity contribution in [3.63, 3.8) is 0 Å². The summed E-state index contributed by atoms with van der Waals surface area (Å²) in [5.41, 5.74) is 1.12. The third-order valence-electron chi connectivity index (χ3n) is 3.78. The molecule has 22 heavy (non-hydrogen) atoms. The normalized spacial score (nSPS) is 15.9. The van der Waals surface area contributed by atoms with E-state index in [2.05, 4.69) is 16.8 Å². The van der Waals surface area contributed by atoms with Crippen LogP contribution in [0.15, 0.2) is 30.9 Å². The van der Waals surface area contributed by atoms with Gasteiger partial charge < -0.3 is 14.8 Å². The van der Waals surface area contributed by atoms with Crippen molar-refractivity contribution in [2.45, 2.75) is 12.5 Å². The van der Waals surface area contributed by atoms with Crippen LogP contribution in [-0.4, -0.2) is 45.3 Å². The van der Waals surface area contributed by atoms with Gasteiger partial charge in [-0.05, 0) is 18.6 Å². The van der Waals surface area contributed by atoms with Gasteiger partial charge >= 0.3 is 0 Å². The van der Waals surface area contributed by atoms with Crippen LogP contribution < -0.4 is 14.8 Å². The molecule has 1 N–H and O–H groups in total. The van der Waals surface area contributed by atoms with E-state index in [1.54, 1.807) is 14.2 Å². The average molecular weight is 349 g/mol. The van der Waals surface area contributed by atoms with Gasteiger partial charge in [-0.25, -0.2) is 0 Å². The molecule has 0 spiro atoms. The lowest BCUT2D eigenvalue weighted by atomic mass is 9.98. The van der Waals surface area contributed by atoms with Crippen molar-refractivity contribution < 1.29 is 9.47 Å². The fraction of sp³-hybridized carbons (Fsp3) is 0.500. The lowest BCUT2D eigenvalue weighted by molar-refractivity contribution is 0.168. The minimum absolute atomic E-state index is 0. The van der Waals surface area contributed by atoms with Gasteiger partial charge in [-0.1, -0.05) is 12.1 Å². The molecule has 1 heterocycles. The van der Waals surface area contributed by atoms with Crippen molar-refractivity contribution >= 4 is 24.8 Å². The number of rotatable bonds is 6. The van der Waals surface area contributed by atoms with Crippen molar-refractivity contribution in [1.82, 2.24) is 10.2 Å². The van der Waals surface area contributed by atoms with Gasteiger partial charge in [0.2, 0.25) is 0 Å². The number of hydrogen-bond acceptors (Lipinski definition) is 4. The summed E-state index contributed by atoms with van der Waals surface area (Å²) < 4.78 is 11.1. The monoisotopic (exact) mass is 348 g/mol. The van der Waals surface area contributed by atoms with Gasteiger partial charge in [0, 0.05) is 32.2 Å². The van der Waals surface area contributed by atoms with E-state index in [9.17, 15) is 0 Å². The molecule has 1 atom stereocenters. The van der Waals surface area contributed by atoms with Crippen LogP contribution in [-0.2, 0) is 0 Å². The van der Waals surface area contributed by atoms with Gasteiger partial charge in [-0.15, -0.1) is 31.4 Å². The highest BCUT2D eigenvalue weighted by Gasteiger charge is 2.26.